The molecule has 2 aromatic heterocycles. The number of halogens is 1. The summed E-state index contributed by atoms with van der Waals surface area (Å²) in [5, 5.41) is 14.3. The molecular formula is C21H15FN4O4S. The lowest BCUT2D eigenvalue weighted by Gasteiger charge is -2.13. The van der Waals surface area contributed by atoms with Crippen LogP contribution in [0.1, 0.15) is 6.92 Å². The highest BCUT2D eigenvalue weighted by Crippen LogP contribution is 2.31. The van der Waals surface area contributed by atoms with Gasteiger partial charge in [-0.2, -0.15) is 4.39 Å². The van der Waals surface area contributed by atoms with Crippen molar-refractivity contribution in [3.05, 3.63) is 76.8 Å². The molecule has 0 aliphatic heterocycles. The van der Waals surface area contributed by atoms with Crippen LogP contribution in [0.3, 0.4) is 0 Å². The molecule has 4 rings (SSSR count). The summed E-state index contributed by atoms with van der Waals surface area (Å²) in [6.45, 7) is 1.68. The number of amides is 1. The maximum absolute atomic E-state index is 13.5. The Kier molecular flexibility index (Phi) is 5.63. The number of carbonyl (C=O) groups excluding carboxylic acids is 1. The first kappa shape index (κ1) is 20.5. The van der Waals surface area contributed by atoms with E-state index in [9.17, 15) is 19.3 Å². The summed E-state index contributed by atoms with van der Waals surface area (Å²) in [4.78, 5) is 31.8. The Balaban J connectivity index is 1.59. The average Bonchev–Trinajstić information content (AvgIpc) is 3.29. The number of furan rings is 1. The third-order valence-corrected chi connectivity index (χ3v) is 5.48. The van der Waals surface area contributed by atoms with Crippen molar-refractivity contribution in [3.63, 3.8) is 0 Å². The molecular weight excluding hydrogens is 423 g/mol. The summed E-state index contributed by atoms with van der Waals surface area (Å²) >= 11 is 1.21. The lowest BCUT2D eigenvalue weighted by molar-refractivity contribution is -0.387. The monoisotopic (exact) mass is 438 g/mol. The molecule has 10 heteroatoms. The van der Waals surface area contributed by atoms with Gasteiger partial charge >= 0.3 is 5.69 Å². The van der Waals surface area contributed by atoms with Gasteiger partial charge < -0.3 is 9.73 Å². The van der Waals surface area contributed by atoms with E-state index in [0.717, 1.165) is 17.5 Å². The summed E-state index contributed by atoms with van der Waals surface area (Å²) in [5.74, 6) is -0.479. The Morgan fingerprint density at radius 3 is 2.74 bits per heavy atom. The Labute approximate surface area is 179 Å². The number of nitrogens with one attached hydrogen (secondary N) is 1. The van der Waals surface area contributed by atoms with Gasteiger partial charge in [0.1, 0.15) is 5.03 Å². The number of nitro groups is 1. The van der Waals surface area contributed by atoms with Crippen molar-refractivity contribution in [2.24, 2.45) is 0 Å². The van der Waals surface area contributed by atoms with E-state index in [-0.39, 0.29) is 5.69 Å². The van der Waals surface area contributed by atoms with Crippen molar-refractivity contribution in [3.8, 4) is 11.6 Å². The number of para-hydroxylation sites is 1. The lowest BCUT2D eigenvalue weighted by atomic mass is 10.2. The SMILES string of the molecule is CC(Sc1nc(-c2ccco2)nc2ccccc12)C(=O)Nc1ccc(F)c([N+](=O)[O-])c1. The zero-order valence-corrected chi connectivity index (χ0v) is 16.9. The van der Waals surface area contributed by atoms with E-state index in [1.165, 1.54) is 24.1 Å². The molecule has 8 nitrogen and oxygen atoms in total. The normalized spacial score (nSPS) is 11.9. The van der Waals surface area contributed by atoms with Gasteiger partial charge in [-0.15, -0.1) is 0 Å². The molecule has 0 spiro atoms. The zero-order valence-electron chi connectivity index (χ0n) is 16.1. The van der Waals surface area contributed by atoms with Crippen LogP contribution in [0.25, 0.3) is 22.5 Å². The molecule has 1 atom stereocenters. The molecule has 156 valence electrons. The molecule has 4 aromatic rings. The zero-order chi connectivity index (χ0) is 22.0. The molecule has 0 radical (unpaired) electrons. The number of carbonyl (C=O) groups is 1. The fraction of sp³-hybridized carbons (Fsp3) is 0.0952. The van der Waals surface area contributed by atoms with Crippen molar-refractivity contribution < 1.29 is 18.5 Å². The Morgan fingerprint density at radius 2 is 2.00 bits per heavy atom. The van der Waals surface area contributed by atoms with Crippen LogP contribution < -0.4 is 5.32 Å². The standard InChI is InChI=1S/C21H15FN4O4S/c1-12(20(27)23-13-8-9-15(22)17(11-13)26(28)29)31-21-14-5-2-3-6-16(14)24-19(25-21)18-7-4-10-30-18/h2-12H,1H3,(H,23,27). The van der Waals surface area contributed by atoms with Gasteiger partial charge in [-0.3, -0.25) is 14.9 Å². The smallest absolute Gasteiger partial charge is 0.306 e. The van der Waals surface area contributed by atoms with Gasteiger partial charge in [-0.1, -0.05) is 30.0 Å². The second kappa shape index (κ2) is 8.52. The molecule has 1 N–H and O–H groups in total. The van der Waals surface area contributed by atoms with E-state index in [1.807, 2.05) is 24.3 Å². The van der Waals surface area contributed by atoms with Crippen molar-refractivity contribution in [1.82, 2.24) is 9.97 Å². The number of thioether (sulfide) groups is 1. The first-order chi connectivity index (χ1) is 14.9. The first-order valence-corrected chi connectivity index (χ1v) is 10.0. The maximum atomic E-state index is 13.5. The molecule has 2 heterocycles. The van der Waals surface area contributed by atoms with E-state index >= 15 is 0 Å². The van der Waals surface area contributed by atoms with Crippen molar-refractivity contribution >= 4 is 39.9 Å². The van der Waals surface area contributed by atoms with Gasteiger partial charge in [0.15, 0.2) is 11.6 Å². The molecule has 0 aliphatic rings. The maximum Gasteiger partial charge on any atom is 0.306 e. The second-order valence-corrected chi connectivity index (χ2v) is 7.85. The summed E-state index contributed by atoms with van der Waals surface area (Å²) in [6, 6.07) is 14.1. The number of nitro benzene ring substituents is 1. The molecule has 2 aromatic carbocycles. The third kappa shape index (κ3) is 4.38. The van der Waals surface area contributed by atoms with Gasteiger partial charge in [0.05, 0.1) is 22.0 Å². The predicted octanol–water partition coefficient (Wildman–Crippen LogP) is 5.06. The van der Waals surface area contributed by atoms with Crippen molar-refractivity contribution in [2.45, 2.75) is 17.2 Å². The Hall–Kier alpha value is -3.79. The fourth-order valence-corrected chi connectivity index (χ4v) is 3.79. The van der Waals surface area contributed by atoms with Crippen LogP contribution in [0.5, 0.6) is 0 Å². The summed E-state index contributed by atoms with van der Waals surface area (Å²) in [5.41, 5.74) is 0.130. The van der Waals surface area contributed by atoms with Crippen LogP contribution in [-0.4, -0.2) is 26.0 Å². The van der Waals surface area contributed by atoms with Crippen molar-refractivity contribution in [1.29, 1.82) is 0 Å². The van der Waals surface area contributed by atoms with Crippen LogP contribution >= 0.6 is 11.8 Å². The Bertz CT molecular complexity index is 1280. The summed E-state index contributed by atoms with van der Waals surface area (Å²) in [7, 11) is 0. The van der Waals surface area contributed by atoms with Gasteiger partial charge in [0.2, 0.25) is 11.7 Å². The topological polar surface area (TPSA) is 111 Å². The number of hydrogen-bond donors (Lipinski definition) is 1. The molecule has 0 aliphatic carbocycles. The molecule has 0 saturated heterocycles. The fourth-order valence-electron chi connectivity index (χ4n) is 2.85. The van der Waals surface area contributed by atoms with E-state index in [1.54, 1.807) is 19.1 Å². The second-order valence-electron chi connectivity index (χ2n) is 6.52. The number of fused-ring (bicyclic) bond motifs is 1. The minimum atomic E-state index is -0.969. The van der Waals surface area contributed by atoms with Crippen molar-refractivity contribution in [2.75, 3.05) is 5.32 Å². The molecule has 0 bridgehead atoms. The quantitative estimate of drug-likeness (QED) is 0.194. The molecule has 0 fully saturated rings. The highest BCUT2D eigenvalue weighted by Gasteiger charge is 2.21. The van der Waals surface area contributed by atoms with E-state index in [4.69, 9.17) is 4.42 Å². The number of aromatic nitrogens is 2. The van der Waals surface area contributed by atoms with Crippen LogP contribution in [0.4, 0.5) is 15.8 Å². The van der Waals surface area contributed by atoms with E-state index in [2.05, 4.69) is 15.3 Å². The molecule has 1 unspecified atom stereocenters. The van der Waals surface area contributed by atoms with E-state index < -0.39 is 27.6 Å². The predicted molar refractivity (Wildman–Crippen MR) is 114 cm³/mol. The minimum Gasteiger partial charge on any atom is -0.461 e. The Morgan fingerprint density at radius 1 is 1.19 bits per heavy atom. The van der Waals surface area contributed by atoms with Gasteiger partial charge in [-0.05, 0) is 37.3 Å². The average molecular weight is 438 g/mol. The van der Waals surface area contributed by atoms with Crippen LogP contribution in [0.15, 0.2) is 70.3 Å². The number of hydrogen-bond acceptors (Lipinski definition) is 7. The summed E-state index contributed by atoms with van der Waals surface area (Å²) < 4.78 is 18.9. The van der Waals surface area contributed by atoms with Crippen LogP contribution in [0.2, 0.25) is 0 Å². The molecule has 0 saturated carbocycles. The van der Waals surface area contributed by atoms with Gasteiger partial charge in [-0.25, -0.2) is 9.97 Å². The van der Waals surface area contributed by atoms with Gasteiger partial charge in [0.25, 0.3) is 0 Å². The largest absolute Gasteiger partial charge is 0.461 e. The van der Waals surface area contributed by atoms with Crippen LogP contribution in [0, 0.1) is 15.9 Å². The van der Waals surface area contributed by atoms with E-state index in [0.29, 0.717) is 22.1 Å². The minimum absolute atomic E-state index is 0.134. The number of benzene rings is 2. The third-order valence-electron chi connectivity index (χ3n) is 4.38. The lowest BCUT2D eigenvalue weighted by Crippen LogP contribution is -2.22. The molecule has 31 heavy (non-hydrogen) atoms. The van der Waals surface area contributed by atoms with Crippen LogP contribution in [-0.2, 0) is 4.79 Å². The number of anilines is 1. The molecule has 1 amide bonds. The highest BCUT2D eigenvalue weighted by molar-refractivity contribution is 8.00. The number of rotatable bonds is 6. The van der Waals surface area contributed by atoms with Gasteiger partial charge in [0, 0.05) is 17.1 Å². The number of nitrogens with zero attached hydrogens (tertiary/aromatic N) is 3. The summed E-state index contributed by atoms with van der Waals surface area (Å²) in [6.07, 6.45) is 1.53. The highest BCUT2D eigenvalue weighted by atomic mass is 32.2. The first-order valence-electron chi connectivity index (χ1n) is 9.14.